The van der Waals surface area contributed by atoms with Crippen LogP contribution in [0.1, 0.15) is 26.5 Å². The van der Waals surface area contributed by atoms with Crippen molar-refractivity contribution in [3.05, 3.63) is 53.1 Å². The lowest BCUT2D eigenvalue weighted by Crippen LogP contribution is -2.33. The van der Waals surface area contributed by atoms with Crippen molar-refractivity contribution >= 4 is 11.5 Å². The Kier molecular flexibility index (Phi) is 4.45. The minimum Gasteiger partial charge on any atom is -0.388 e. The highest BCUT2D eigenvalue weighted by atomic mass is 16.5. The zero-order valence-corrected chi connectivity index (χ0v) is 13.2. The molecule has 0 amide bonds. The Morgan fingerprint density at radius 1 is 1.30 bits per heavy atom. The number of benzene rings is 1. The molecule has 1 aromatic carbocycles. The standard InChI is InChI=1S/C17H21N3O3/c1-3-13-11(2)15(21)16(23-13)20-10-9-14(19-17(20)22)18-12-7-5-4-6-8-12/h4-11,13,15-16,21H,3H2,1-2H3,(H,18,19,22)/t11?,13-,15+,16-/m1/s1. The van der Waals surface area contributed by atoms with Crippen molar-refractivity contribution in [1.29, 1.82) is 0 Å². The van der Waals surface area contributed by atoms with Gasteiger partial charge in [0.1, 0.15) is 11.9 Å². The average Bonchev–Trinajstić information content (AvgIpc) is 2.84. The van der Waals surface area contributed by atoms with Crippen LogP contribution in [-0.4, -0.2) is 26.9 Å². The Labute approximate surface area is 134 Å². The number of nitrogens with zero attached hydrogens (tertiary/aromatic N) is 2. The second kappa shape index (κ2) is 6.52. The van der Waals surface area contributed by atoms with Gasteiger partial charge in [0.15, 0.2) is 6.23 Å². The van der Waals surface area contributed by atoms with Crippen LogP contribution < -0.4 is 11.0 Å². The van der Waals surface area contributed by atoms with Gasteiger partial charge >= 0.3 is 5.69 Å². The Balaban J connectivity index is 1.82. The predicted molar refractivity (Wildman–Crippen MR) is 87.6 cm³/mol. The third-order valence-electron chi connectivity index (χ3n) is 4.28. The minimum absolute atomic E-state index is 0.0148. The van der Waals surface area contributed by atoms with Gasteiger partial charge in [0.05, 0.1) is 6.10 Å². The first-order valence-electron chi connectivity index (χ1n) is 7.85. The zero-order chi connectivity index (χ0) is 16.4. The number of aliphatic hydroxyl groups excluding tert-OH is 1. The van der Waals surface area contributed by atoms with Crippen LogP contribution >= 0.6 is 0 Å². The molecule has 122 valence electrons. The van der Waals surface area contributed by atoms with Gasteiger partial charge in [-0.05, 0) is 24.6 Å². The molecule has 2 aromatic rings. The highest BCUT2D eigenvalue weighted by Crippen LogP contribution is 2.34. The van der Waals surface area contributed by atoms with Crippen LogP contribution in [0.15, 0.2) is 47.4 Å². The summed E-state index contributed by atoms with van der Waals surface area (Å²) in [7, 11) is 0. The number of ether oxygens (including phenoxy) is 1. The van der Waals surface area contributed by atoms with Gasteiger partial charge in [0.2, 0.25) is 0 Å². The number of para-hydroxylation sites is 1. The van der Waals surface area contributed by atoms with Crippen LogP contribution in [-0.2, 0) is 4.74 Å². The summed E-state index contributed by atoms with van der Waals surface area (Å²) < 4.78 is 7.17. The van der Waals surface area contributed by atoms with Gasteiger partial charge in [-0.2, -0.15) is 4.98 Å². The van der Waals surface area contributed by atoms with E-state index in [-0.39, 0.29) is 12.0 Å². The molecular formula is C17H21N3O3. The van der Waals surface area contributed by atoms with Crippen LogP contribution in [0, 0.1) is 5.92 Å². The molecule has 1 aliphatic heterocycles. The van der Waals surface area contributed by atoms with Gasteiger partial charge in [-0.15, -0.1) is 0 Å². The fraction of sp³-hybridized carbons (Fsp3) is 0.412. The summed E-state index contributed by atoms with van der Waals surface area (Å²) in [6, 6.07) is 11.2. The lowest BCUT2D eigenvalue weighted by atomic mass is 9.99. The quantitative estimate of drug-likeness (QED) is 0.905. The Morgan fingerprint density at radius 2 is 2.04 bits per heavy atom. The zero-order valence-electron chi connectivity index (χ0n) is 13.2. The molecule has 3 rings (SSSR count). The number of hydrogen-bond acceptors (Lipinski definition) is 5. The van der Waals surface area contributed by atoms with E-state index in [4.69, 9.17) is 4.74 Å². The fourth-order valence-corrected chi connectivity index (χ4v) is 2.91. The molecule has 0 radical (unpaired) electrons. The summed E-state index contributed by atoms with van der Waals surface area (Å²) in [5, 5.41) is 13.4. The lowest BCUT2D eigenvalue weighted by Gasteiger charge is -2.18. The molecule has 1 aliphatic rings. The predicted octanol–water partition coefficient (Wildman–Crippen LogP) is 2.29. The van der Waals surface area contributed by atoms with Gasteiger partial charge in [0, 0.05) is 17.8 Å². The first-order valence-corrected chi connectivity index (χ1v) is 7.85. The highest BCUT2D eigenvalue weighted by molar-refractivity contribution is 5.54. The monoisotopic (exact) mass is 315 g/mol. The number of nitrogens with one attached hydrogen (secondary N) is 1. The third kappa shape index (κ3) is 3.13. The molecule has 0 aliphatic carbocycles. The van der Waals surface area contributed by atoms with Crippen LogP contribution in [0.3, 0.4) is 0 Å². The van der Waals surface area contributed by atoms with Crippen LogP contribution in [0.2, 0.25) is 0 Å². The molecule has 0 saturated carbocycles. The van der Waals surface area contributed by atoms with E-state index in [0.717, 1.165) is 12.1 Å². The van der Waals surface area contributed by atoms with Crippen molar-refractivity contribution in [1.82, 2.24) is 9.55 Å². The van der Waals surface area contributed by atoms with Gasteiger partial charge in [-0.25, -0.2) is 4.79 Å². The van der Waals surface area contributed by atoms with Gasteiger partial charge in [-0.1, -0.05) is 32.0 Å². The Morgan fingerprint density at radius 3 is 2.65 bits per heavy atom. The maximum atomic E-state index is 12.3. The van der Waals surface area contributed by atoms with Crippen molar-refractivity contribution < 1.29 is 9.84 Å². The highest BCUT2D eigenvalue weighted by Gasteiger charge is 2.41. The van der Waals surface area contributed by atoms with Crippen molar-refractivity contribution in [2.75, 3.05) is 5.32 Å². The van der Waals surface area contributed by atoms with Crippen molar-refractivity contribution in [3.63, 3.8) is 0 Å². The molecule has 0 bridgehead atoms. The number of aromatic nitrogens is 2. The number of hydrogen-bond donors (Lipinski definition) is 2. The van der Waals surface area contributed by atoms with Crippen LogP contribution in [0.5, 0.6) is 0 Å². The summed E-state index contributed by atoms with van der Waals surface area (Å²) in [4.78, 5) is 16.3. The molecule has 2 heterocycles. The molecule has 1 unspecified atom stereocenters. The van der Waals surface area contributed by atoms with E-state index in [9.17, 15) is 9.90 Å². The van der Waals surface area contributed by atoms with E-state index >= 15 is 0 Å². The molecule has 6 heteroatoms. The normalized spacial score (nSPS) is 27.1. The van der Waals surface area contributed by atoms with Crippen molar-refractivity contribution in [2.24, 2.45) is 5.92 Å². The first-order chi connectivity index (χ1) is 11.1. The second-order valence-corrected chi connectivity index (χ2v) is 5.82. The van der Waals surface area contributed by atoms with E-state index in [1.807, 2.05) is 44.2 Å². The Hall–Kier alpha value is -2.18. The van der Waals surface area contributed by atoms with Gasteiger partial charge < -0.3 is 15.2 Å². The largest absolute Gasteiger partial charge is 0.388 e. The second-order valence-electron chi connectivity index (χ2n) is 5.82. The number of anilines is 2. The SMILES string of the molecule is CC[C@H]1O[C@@H](n2ccc(Nc3ccccc3)nc2=O)[C@@H](O)C1C. The van der Waals surface area contributed by atoms with E-state index in [1.165, 1.54) is 4.57 Å². The Bertz CT molecular complexity index is 717. The summed E-state index contributed by atoms with van der Waals surface area (Å²) >= 11 is 0. The van der Waals surface area contributed by atoms with E-state index < -0.39 is 18.0 Å². The summed E-state index contributed by atoms with van der Waals surface area (Å²) in [5.74, 6) is 0.448. The van der Waals surface area contributed by atoms with E-state index in [2.05, 4.69) is 10.3 Å². The molecule has 4 atom stereocenters. The first kappa shape index (κ1) is 15.7. The summed E-state index contributed by atoms with van der Waals surface area (Å²) in [6.45, 7) is 3.94. The molecule has 1 saturated heterocycles. The molecule has 0 spiro atoms. The number of rotatable bonds is 4. The smallest absolute Gasteiger partial charge is 0.351 e. The van der Waals surface area contributed by atoms with Crippen molar-refractivity contribution in [3.8, 4) is 0 Å². The van der Waals surface area contributed by atoms with Gasteiger partial charge in [0.25, 0.3) is 0 Å². The fourth-order valence-electron chi connectivity index (χ4n) is 2.91. The third-order valence-corrected chi connectivity index (χ3v) is 4.28. The topological polar surface area (TPSA) is 76.4 Å². The van der Waals surface area contributed by atoms with Crippen LogP contribution in [0.25, 0.3) is 0 Å². The van der Waals surface area contributed by atoms with Crippen molar-refractivity contribution in [2.45, 2.75) is 38.7 Å². The average molecular weight is 315 g/mol. The molecular weight excluding hydrogens is 294 g/mol. The van der Waals surface area contributed by atoms with Gasteiger partial charge in [-0.3, -0.25) is 4.57 Å². The van der Waals surface area contributed by atoms with Crippen LogP contribution in [0.4, 0.5) is 11.5 Å². The maximum Gasteiger partial charge on any atom is 0.351 e. The molecule has 1 fully saturated rings. The molecule has 1 aromatic heterocycles. The summed E-state index contributed by atoms with van der Waals surface area (Å²) in [6.07, 6.45) is 0.959. The molecule has 6 nitrogen and oxygen atoms in total. The van der Waals surface area contributed by atoms with E-state index in [1.54, 1.807) is 12.3 Å². The number of aliphatic hydroxyl groups is 1. The lowest BCUT2D eigenvalue weighted by molar-refractivity contribution is -0.0403. The summed E-state index contributed by atoms with van der Waals surface area (Å²) in [5.41, 5.74) is 0.410. The molecule has 2 N–H and O–H groups in total. The van der Waals surface area contributed by atoms with E-state index in [0.29, 0.717) is 5.82 Å². The minimum atomic E-state index is -0.715. The maximum absolute atomic E-state index is 12.3. The molecule has 23 heavy (non-hydrogen) atoms.